The molecule has 0 spiro atoms. The van der Waals surface area contributed by atoms with Crippen LogP contribution >= 0.6 is 24.0 Å². The summed E-state index contributed by atoms with van der Waals surface area (Å²) in [6.07, 6.45) is 3.77. The zero-order chi connectivity index (χ0) is 21.0. The van der Waals surface area contributed by atoms with Gasteiger partial charge in [0.2, 0.25) is 0 Å². The van der Waals surface area contributed by atoms with Gasteiger partial charge in [0.25, 0.3) is 0 Å². The van der Waals surface area contributed by atoms with Crippen LogP contribution in [0.3, 0.4) is 0 Å². The fraction of sp³-hybridized carbons (Fsp3) is 0.333. The van der Waals surface area contributed by atoms with E-state index in [1.54, 1.807) is 13.2 Å². The molecule has 2 N–H and O–H groups in total. The molecule has 0 amide bonds. The summed E-state index contributed by atoms with van der Waals surface area (Å²) < 4.78 is 7.75. The summed E-state index contributed by atoms with van der Waals surface area (Å²) >= 11 is 0. The van der Waals surface area contributed by atoms with E-state index in [0.717, 1.165) is 19.0 Å². The number of nitrogens with one attached hydrogen (secondary N) is 2. The molecule has 1 heterocycles. The summed E-state index contributed by atoms with van der Waals surface area (Å²) in [5.41, 5.74) is 3.64. The van der Waals surface area contributed by atoms with Gasteiger partial charge in [-0.2, -0.15) is 5.10 Å². The van der Waals surface area contributed by atoms with Gasteiger partial charge in [0.15, 0.2) is 5.96 Å². The third-order valence-electron chi connectivity index (χ3n) is 4.71. The lowest BCUT2D eigenvalue weighted by Crippen LogP contribution is -2.39. The van der Waals surface area contributed by atoms with E-state index in [1.165, 1.54) is 16.7 Å². The summed E-state index contributed by atoms with van der Waals surface area (Å²) in [4.78, 5) is 4.33. The van der Waals surface area contributed by atoms with Crippen LogP contribution in [0.1, 0.15) is 23.6 Å². The van der Waals surface area contributed by atoms with Gasteiger partial charge in [-0.1, -0.05) is 61.5 Å². The molecule has 0 aliphatic carbocycles. The molecule has 0 saturated heterocycles. The van der Waals surface area contributed by atoms with Crippen LogP contribution in [0.4, 0.5) is 0 Å². The Bertz CT molecular complexity index is 899. The predicted octanol–water partition coefficient (Wildman–Crippen LogP) is 4.07. The van der Waals surface area contributed by atoms with E-state index in [2.05, 4.69) is 64.0 Å². The molecule has 0 fully saturated rings. The molecule has 1 unspecified atom stereocenters. The molecule has 2 aromatic carbocycles. The van der Waals surface area contributed by atoms with Crippen molar-refractivity contribution in [2.75, 3.05) is 20.2 Å². The highest BCUT2D eigenvalue weighted by molar-refractivity contribution is 14.0. The Morgan fingerprint density at radius 3 is 2.55 bits per heavy atom. The van der Waals surface area contributed by atoms with Crippen molar-refractivity contribution in [3.63, 3.8) is 0 Å². The molecular formula is C24H32IN5O. The lowest BCUT2D eigenvalue weighted by molar-refractivity contribution is 0.0931. The number of guanidine groups is 1. The average Bonchev–Trinajstić information content (AvgIpc) is 3.28. The van der Waals surface area contributed by atoms with Crippen LogP contribution in [0.25, 0.3) is 0 Å². The number of hydrogen-bond donors (Lipinski definition) is 2. The van der Waals surface area contributed by atoms with Gasteiger partial charge in [0, 0.05) is 32.5 Å². The van der Waals surface area contributed by atoms with E-state index >= 15 is 0 Å². The Hall–Kier alpha value is -2.39. The molecule has 31 heavy (non-hydrogen) atoms. The smallest absolute Gasteiger partial charge is 0.191 e. The molecule has 6 nitrogen and oxygen atoms in total. The molecule has 166 valence electrons. The van der Waals surface area contributed by atoms with Gasteiger partial charge >= 0.3 is 0 Å². The van der Waals surface area contributed by atoms with E-state index in [-0.39, 0.29) is 24.0 Å². The van der Waals surface area contributed by atoms with Crippen molar-refractivity contribution in [2.24, 2.45) is 10.9 Å². The molecule has 1 atom stereocenters. The molecule has 0 aliphatic rings. The molecule has 3 rings (SSSR count). The largest absolute Gasteiger partial charge is 0.376 e. The van der Waals surface area contributed by atoms with E-state index in [4.69, 9.17) is 4.74 Å². The molecular weight excluding hydrogens is 501 g/mol. The fourth-order valence-corrected chi connectivity index (χ4v) is 3.11. The number of aliphatic imine (C=N–C) groups is 1. The Morgan fingerprint density at radius 1 is 1.03 bits per heavy atom. The summed E-state index contributed by atoms with van der Waals surface area (Å²) in [7, 11) is 1.79. The van der Waals surface area contributed by atoms with Crippen molar-refractivity contribution < 1.29 is 4.74 Å². The normalized spacial score (nSPS) is 12.1. The highest BCUT2D eigenvalue weighted by Gasteiger charge is 2.05. The van der Waals surface area contributed by atoms with Crippen molar-refractivity contribution in [3.8, 4) is 0 Å². The van der Waals surface area contributed by atoms with Crippen LogP contribution in [0.2, 0.25) is 0 Å². The van der Waals surface area contributed by atoms with Gasteiger partial charge in [0.1, 0.15) is 0 Å². The van der Waals surface area contributed by atoms with Crippen molar-refractivity contribution in [1.82, 2.24) is 20.4 Å². The van der Waals surface area contributed by atoms with Gasteiger partial charge in [-0.15, -0.1) is 24.0 Å². The Labute approximate surface area is 202 Å². The van der Waals surface area contributed by atoms with Crippen LogP contribution in [0.15, 0.2) is 78.0 Å². The monoisotopic (exact) mass is 533 g/mol. The Kier molecular flexibility index (Phi) is 11.1. The maximum atomic E-state index is 5.83. The van der Waals surface area contributed by atoms with Gasteiger partial charge in [0.05, 0.1) is 19.8 Å². The zero-order valence-electron chi connectivity index (χ0n) is 18.2. The Morgan fingerprint density at radius 2 is 1.81 bits per heavy atom. The molecule has 0 saturated carbocycles. The number of hydrogen-bond acceptors (Lipinski definition) is 3. The van der Waals surface area contributed by atoms with Crippen molar-refractivity contribution in [1.29, 1.82) is 0 Å². The topological polar surface area (TPSA) is 63.5 Å². The zero-order valence-corrected chi connectivity index (χ0v) is 20.5. The first-order chi connectivity index (χ1) is 14.7. The average molecular weight is 533 g/mol. The number of halogens is 1. The number of aromatic nitrogens is 2. The minimum Gasteiger partial charge on any atom is -0.376 e. The summed E-state index contributed by atoms with van der Waals surface area (Å²) in [6.45, 7) is 5.80. The van der Waals surface area contributed by atoms with Crippen LogP contribution < -0.4 is 10.6 Å². The number of rotatable bonds is 10. The highest BCUT2D eigenvalue weighted by atomic mass is 127. The predicted molar refractivity (Wildman–Crippen MR) is 137 cm³/mol. The van der Waals surface area contributed by atoms with Gasteiger partial charge in [-0.25, -0.2) is 0 Å². The SMILES string of the molecule is CN=C(NCc1cccc(Cn2cccn2)c1)NCC(C)COCc1ccccc1.I. The van der Waals surface area contributed by atoms with Crippen molar-refractivity contribution in [3.05, 3.63) is 89.7 Å². The number of benzene rings is 2. The lowest BCUT2D eigenvalue weighted by Gasteiger charge is -2.16. The third-order valence-corrected chi connectivity index (χ3v) is 4.71. The van der Waals surface area contributed by atoms with Crippen LogP contribution in [0.5, 0.6) is 0 Å². The minimum absolute atomic E-state index is 0. The summed E-state index contributed by atoms with van der Waals surface area (Å²) in [5.74, 6) is 1.17. The maximum Gasteiger partial charge on any atom is 0.191 e. The quantitative estimate of drug-likeness (QED) is 0.235. The van der Waals surface area contributed by atoms with Gasteiger partial charge in [-0.05, 0) is 28.7 Å². The first kappa shape index (κ1) is 24.9. The number of ether oxygens (including phenoxy) is 1. The van der Waals surface area contributed by atoms with Crippen molar-refractivity contribution in [2.45, 2.75) is 26.6 Å². The maximum absolute atomic E-state index is 5.83. The van der Waals surface area contributed by atoms with E-state index in [1.807, 2.05) is 35.1 Å². The van der Waals surface area contributed by atoms with E-state index in [9.17, 15) is 0 Å². The second kappa shape index (κ2) is 13.8. The van der Waals surface area contributed by atoms with Crippen molar-refractivity contribution >= 4 is 29.9 Å². The Balaban J connectivity index is 0.00000341. The molecule has 0 bridgehead atoms. The second-order valence-corrected chi connectivity index (χ2v) is 7.44. The summed E-state index contributed by atoms with van der Waals surface area (Å²) in [6, 6.07) is 20.7. The molecule has 1 aromatic heterocycles. The molecule has 0 radical (unpaired) electrons. The molecule has 3 aromatic rings. The first-order valence-corrected chi connectivity index (χ1v) is 10.3. The second-order valence-electron chi connectivity index (χ2n) is 7.44. The number of nitrogens with zero attached hydrogens (tertiary/aromatic N) is 3. The van der Waals surface area contributed by atoms with Crippen LogP contribution in [-0.2, 0) is 24.4 Å². The third kappa shape index (κ3) is 9.10. The molecule has 7 heteroatoms. The minimum atomic E-state index is 0. The van der Waals surface area contributed by atoms with Gasteiger partial charge in [-0.3, -0.25) is 9.67 Å². The van der Waals surface area contributed by atoms with E-state index in [0.29, 0.717) is 25.7 Å². The fourth-order valence-electron chi connectivity index (χ4n) is 3.11. The first-order valence-electron chi connectivity index (χ1n) is 10.3. The lowest BCUT2D eigenvalue weighted by atomic mass is 10.1. The van der Waals surface area contributed by atoms with Crippen LogP contribution in [-0.4, -0.2) is 35.9 Å². The van der Waals surface area contributed by atoms with Crippen LogP contribution in [0, 0.1) is 5.92 Å². The summed E-state index contributed by atoms with van der Waals surface area (Å²) in [5, 5.41) is 11.0. The standard InChI is InChI=1S/C24H31N5O.HI/c1-20(18-30-19-21-8-4-3-5-9-21)15-26-24(25-2)27-16-22-10-6-11-23(14-22)17-29-13-7-12-28-29;/h3-14,20H,15-19H2,1-2H3,(H2,25,26,27);1H. The molecule has 0 aliphatic heterocycles. The van der Waals surface area contributed by atoms with Gasteiger partial charge < -0.3 is 15.4 Å². The van der Waals surface area contributed by atoms with E-state index < -0.39 is 0 Å². The highest BCUT2D eigenvalue weighted by Crippen LogP contribution is 2.07.